The Morgan fingerprint density at radius 2 is 2.07 bits per heavy atom. The zero-order valence-corrected chi connectivity index (χ0v) is 9.53. The van der Waals surface area contributed by atoms with Gasteiger partial charge >= 0.3 is 0 Å². The van der Waals surface area contributed by atoms with Gasteiger partial charge in [0.2, 0.25) is 0 Å². The van der Waals surface area contributed by atoms with E-state index >= 15 is 0 Å². The van der Waals surface area contributed by atoms with Gasteiger partial charge in [-0.2, -0.15) is 4.65 Å². The number of nitrogens with zero attached hydrogens (tertiary/aromatic N) is 1. The van der Waals surface area contributed by atoms with E-state index in [4.69, 9.17) is 9.57 Å². The first-order valence-electron chi connectivity index (χ1n) is 5.65. The molecule has 1 heterocycles. The van der Waals surface area contributed by atoms with E-state index in [1.54, 1.807) is 7.11 Å². The van der Waals surface area contributed by atoms with Gasteiger partial charge in [-0.05, 0) is 25.2 Å². The van der Waals surface area contributed by atoms with E-state index in [0.717, 1.165) is 12.5 Å². The predicted octanol–water partition coefficient (Wildman–Crippen LogP) is 1.58. The maximum Gasteiger partial charge on any atom is 0.109 e. The van der Waals surface area contributed by atoms with Gasteiger partial charge in [0.15, 0.2) is 0 Å². The highest BCUT2D eigenvalue weighted by molar-refractivity contribution is 4.91. The van der Waals surface area contributed by atoms with Gasteiger partial charge in [-0.3, -0.25) is 0 Å². The summed E-state index contributed by atoms with van der Waals surface area (Å²) in [5.74, 6) is 0.867. The van der Waals surface area contributed by atoms with Crippen LogP contribution in [0.1, 0.15) is 25.7 Å². The minimum absolute atomic E-state index is 0.618. The lowest BCUT2D eigenvalue weighted by atomic mass is 9.87. The standard InChI is InChI=1S/C11H22NO2/c1-12(2,13-3)7-6-9-4-5-10-11(8-9)14-10/h9-11H,4-8H2,1-3H3/q+1. The topological polar surface area (TPSA) is 21.8 Å². The molecule has 3 heteroatoms. The molecule has 1 aliphatic heterocycles. The second-order valence-electron chi connectivity index (χ2n) is 5.16. The molecule has 3 nitrogen and oxygen atoms in total. The van der Waals surface area contributed by atoms with E-state index in [1.165, 1.54) is 25.7 Å². The molecule has 0 N–H and O–H groups in total. The number of rotatable bonds is 4. The van der Waals surface area contributed by atoms with Crippen molar-refractivity contribution in [1.82, 2.24) is 0 Å². The number of epoxide rings is 1. The Morgan fingerprint density at radius 1 is 1.29 bits per heavy atom. The molecule has 1 aliphatic carbocycles. The Hall–Kier alpha value is -0.120. The first-order valence-corrected chi connectivity index (χ1v) is 5.65. The van der Waals surface area contributed by atoms with Gasteiger partial charge in [0, 0.05) is 6.42 Å². The van der Waals surface area contributed by atoms with E-state index in [2.05, 4.69) is 14.1 Å². The molecule has 2 fully saturated rings. The monoisotopic (exact) mass is 200 g/mol. The molecule has 3 unspecified atom stereocenters. The van der Waals surface area contributed by atoms with Gasteiger partial charge in [0.25, 0.3) is 0 Å². The lowest BCUT2D eigenvalue weighted by Gasteiger charge is -2.27. The number of quaternary nitrogens is 1. The molecule has 1 saturated carbocycles. The highest BCUT2D eigenvalue weighted by atomic mass is 16.7. The average molecular weight is 200 g/mol. The minimum Gasteiger partial charge on any atom is -0.370 e. The maximum absolute atomic E-state index is 5.53. The SMILES string of the molecule is CO[N+](C)(C)CCC1CCC2OC2C1. The van der Waals surface area contributed by atoms with Crippen LogP contribution in [0.4, 0.5) is 0 Å². The Labute approximate surface area is 86.5 Å². The highest BCUT2D eigenvalue weighted by Crippen LogP contribution is 2.40. The van der Waals surface area contributed by atoms with Gasteiger partial charge in [-0.1, -0.05) is 0 Å². The van der Waals surface area contributed by atoms with Gasteiger partial charge in [-0.25, -0.2) is 4.84 Å². The van der Waals surface area contributed by atoms with Gasteiger partial charge in [0.1, 0.15) is 6.54 Å². The Kier molecular flexibility index (Phi) is 2.82. The minimum atomic E-state index is 0.618. The first-order chi connectivity index (χ1) is 6.61. The second-order valence-corrected chi connectivity index (χ2v) is 5.16. The normalized spacial score (nSPS) is 36.6. The predicted molar refractivity (Wildman–Crippen MR) is 54.6 cm³/mol. The molecule has 3 atom stereocenters. The molecule has 0 aromatic heterocycles. The van der Waals surface area contributed by atoms with Crippen LogP contribution in [0.25, 0.3) is 0 Å². The number of hydrogen-bond donors (Lipinski definition) is 0. The van der Waals surface area contributed by atoms with Crippen LogP contribution in [0.15, 0.2) is 0 Å². The number of ether oxygens (including phenoxy) is 1. The summed E-state index contributed by atoms with van der Waals surface area (Å²) in [6, 6.07) is 0. The fourth-order valence-corrected chi connectivity index (χ4v) is 2.33. The van der Waals surface area contributed by atoms with Crippen molar-refractivity contribution in [2.75, 3.05) is 27.7 Å². The summed E-state index contributed by atoms with van der Waals surface area (Å²) in [5, 5.41) is 0. The van der Waals surface area contributed by atoms with Crippen LogP contribution >= 0.6 is 0 Å². The summed E-state index contributed by atoms with van der Waals surface area (Å²) in [4.78, 5) is 5.37. The third-order valence-corrected chi connectivity index (χ3v) is 3.68. The average Bonchev–Trinajstić information content (AvgIpc) is 2.93. The summed E-state index contributed by atoms with van der Waals surface area (Å²) in [6.45, 7) is 1.11. The molecular formula is C11H22NO2+. The molecule has 1 saturated heterocycles. The van der Waals surface area contributed by atoms with Gasteiger partial charge in [-0.15, -0.1) is 0 Å². The Balaban J connectivity index is 1.70. The van der Waals surface area contributed by atoms with Crippen LogP contribution in [0.5, 0.6) is 0 Å². The quantitative estimate of drug-likeness (QED) is 0.390. The van der Waals surface area contributed by atoms with E-state index in [1.807, 2.05) is 0 Å². The van der Waals surface area contributed by atoms with Crippen molar-refractivity contribution in [3.63, 3.8) is 0 Å². The first kappa shape index (κ1) is 10.4. The van der Waals surface area contributed by atoms with Crippen molar-refractivity contribution in [2.45, 2.75) is 37.9 Å². The molecule has 0 radical (unpaired) electrons. The van der Waals surface area contributed by atoms with Crippen molar-refractivity contribution in [2.24, 2.45) is 5.92 Å². The summed E-state index contributed by atoms with van der Waals surface area (Å²) in [7, 11) is 6.00. The molecule has 0 aromatic rings. The van der Waals surface area contributed by atoms with Crippen LogP contribution in [0.2, 0.25) is 0 Å². The smallest absolute Gasteiger partial charge is 0.109 e. The third-order valence-electron chi connectivity index (χ3n) is 3.68. The summed E-state index contributed by atoms with van der Waals surface area (Å²) in [6.07, 6.45) is 6.45. The molecule has 0 amide bonds. The second kappa shape index (κ2) is 3.80. The molecule has 82 valence electrons. The number of fused-ring (bicyclic) bond motifs is 1. The van der Waals surface area contributed by atoms with Crippen molar-refractivity contribution in [3.05, 3.63) is 0 Å². The lowest BCUT2D eigenvalue weighted by Crippen LogP contribution is -2.40. The highest BCUT2D eigenvalue weighted by Gasteiger charge is 2.43. The zero-order valence-electron chi connectivity index (χ0n) is 9.53. The van der Waals surface area contributed by atoms with E-state index < -0.39 is 0 Å². The van der Waals surface area contributed by atoms with Crippen molar-refractivity contribution >= 4 is 0 Å². The van der Waals surface area contributed by atoms with Crippen LogP contribution < -0.4 is 0 Å². The fourth-order valence-electron chi connectivity index (χ4n) is 2.33. The maximum atomic E-state index is 5.53. The molecule has 14 heavy (non-hydrogen) atoms. The number of hydrogen-bond acceptors (Lipinski definition) is 2. The summed E-state index contributed by atoms with van der Waals surface area (Å²) >= 11 is 0. The zero-order chi connectivity index (χ0) is 10.2. The molecule has 0 bridgehead atoms. The largest absolute Gasteiger partial charge is 0.370 e. The lowest BCUT2D eigenvalue weighted by molar-refractivity contribution is -1.07. The third kappa shape index (κ3) is 2.47. The molecular weight excluding hydrogens is 178 g/mol. The van der Waals surface area contributed by atoms with Crippen LogP contribution in [0, 0.1) is 5.92 Å². The van der Waals surface area contributed by atoms with Crippen LogP contribution in [-0.2, 0) is 9.57 Å². The molecule has 2 rings (SSSR count). The molecule has 0 aromatic carbocycles. The molecule has 2 aliphatic rings. The summed E-state index contributed by atoms with van der Waals surface area (Å²) < 4.78 is 6.20. The van der Waals surface area contributed by atoms with Crippen molar-refractivity contribution < 1.29 is 14.2 Å². The number of hydroxylamine groups is 3. The van der Waals surface area contributed by atoms with Gasteiger partial charge < -0.3 is 4.74 Å². The van der Waals surface area contributed by atoms with E-state index in [-0.39, 0.29) is 0 Å². The fraction of sp³-hybridized carbons (Fsp3) is 1.00. The van der Waals surface area contributed by atoms with E-state index in [9.17, 15) is 0 Å². The van der Waals surface area contributed by atoms with Crippen molar-refractivity contribution in [1.29, 1.82) is 0 Å². The summed E-state index contributed by atoms with van der Waals surface area (Å²) in [5.41, 5.74) is 0. The Morgan fingerprint density at radius 3 is 2.71 bits per heavy atom. The van der Waals surface area contributed by atoms with Crippen LogP contribution in [0.3, 0.4) is 0 Å². The molecule has 0 spiro atoms. The Bertz CT molecular complexity index is 205. The van der Waals surface area contributed by atoms with Crippen LogP contribution in [-0.4, -0.2) is 44.6 Å². The van der Waals surface area contributed by atoms with Gasteiger partial charge in [0.05, 0.1) is 33.4 Å². The van der Waals surface area contributed by atoms with Crippen molar-refractivity contribution in [3.8, 4) is 0 Å². The van der Waals surface area contributed by atoms with E-state index in [0.29, 0.717) is 16.9 Å².